The molecule has 0 aliphatic rings. The summed E-state index contributed by atoms with van der Waals surface area (Å²) in [6.07, 6.45) is 3.54. The average Bonchev–Trinajstić information content (AvgIpc) is 2.57. The van der Waals surface area contributed by atoms with Crippen LogP contribution in [0.3, 0.4) is 0 Å². The van der Waals surface area contributed by atoms with E-state index in [-0.39, 0.29) is 5.43 Å². The molecule has 0 unspecified atom stereocenters. The number of benzene rings is 2. The Morgan fingerprint density at radius 3 is 1.96 bits per heavy atom. The van der Waals surface area contributed by atoms with Gasteiger partial charge in [0.2, 0.25) is 0 Å². The van der Waals surface area contributed by atoms with Crippen LogP contribution in [0.1, 0.15) is 19.3 Å². The molecule has 0 aliphatic carbocycles. The second-order valence-corrected chi connectivity index (χ2v) is 6.38. The summed E-state index contributed by atoms with van der Waals surface area (Å²) < 4.78 is 2.31. The molecule has 0 radical (unpaired) electrons. The van der Waals surface area contributed by atoms with E-state index in [1.807, 2.05) is 36.4 Å². The molecule has 0 aliphatic heterocycles. The van der Waals surface area contributed by atoms with Gasteiger partial charge in [-0.1, -0.05) is 30.7 Å². The molecule has 23 heavy (non-hydrogen) atoms. The lowest BCUT2D eigenvalue weighted by Gasteiger charge is -2.15. The third-order valence-electron chi connectivity index (χ3n) is 4.37. The summed E-state index contributed by atoms with van der Waals surface area (Å²) in [5.74, 6) is 0. The quantitative estimate of drug-likeness (QED) is 0.510. The Morgan fingerprint density at radius 1 is 0.826 bits per heavy atom. The van der Waals surface area contributed by atoms with Crippen LogP contribution in [-0.4, -0.2) is 30.1 Å². The van der Waals surface area contributed by atoms with E-state index in [1.54, 1.807) is 0 Å². The Balaban J connectivity index is 1.96. The smallest absolute Gasteiger partial charge is 0.197 e. The number of rotatable bonds is 6. The molecule has 3 heteroatoms. The maximum atomic E-state index is 12.7. The van der Waals surface area contributed by atoms with Gasteiger partial charge < -0.3 is 9.47 Å². The largest absolute Gasteiger partial charge is 0.340 e. The Bertz CT molecular complexity index is 804. The second-order valence-electron chi connectivity index (χ2n) is 6.38. The minimum Gasteiger partial charge on any atom is -0.340 e. The molecule has 0 bridgehead atoms. The lowest BCUT2D eigenvalue weighted by atomic mass is 10.1. The topological polar surface area (TPSA) is 25.2 Å². The van der Waals surface area contributed by atoms with E-state index in [0.717, 1.165) is 41.3 Å². The minimum absolute atomic E-state index is 0.139. The number of para-hydroxylation sites is 2. The van der Waals surface area contributed by atoms with Crippen LogP contribution in [-0.2, 0) is 6.54 Å². The molecule has 0 atom stereocenters. The van der Waals surface area contributed by atoms with E-state index in [1.165, 1.54) is 12.8 Å². The predicted molar refractivity (Wildman–Crippen MR) is 98.1 cm³/mol. The van der Waals surface area contributed by atoms with Crippen LogP contribution in [0.5, 0.6) is 0 Å². The summed E-state index contributed by atoms with van der Waals surface area (Å²) in [6, 6.07) is 15.9. The zero-order valence-corrected chi connectivity index (χ0v) is 14.0. The first-order valence-electron chi connectivity index (χ1n) is 8.33. The van der Waals surface area contributed by atoms with Gasteiger partial charge in [-0.3, -0.25) is 4.79 Å². The number of pyridine rings is 1. The number of aromatic nitrogens is 1. The zero-order valence-electron chi connectivity index (χ0n) is 14.0. The molecule has 0 N–H and O–H groups in total. The molecule has 3 rings (SSSR count). The maximum Gasteiger partial charge on any atom is 0.197 e. The highest BCUT2D eigenvalue weighted by Gasteiger charge is 2.09. The summed E-state index contributed by atoms with van der Waals surface area (Å²) in [4.78, 5) is 14.9. The average molecular weight is 308 g/mol. The van der Waals surface area contributed by atoms with Crippen LogP contribution >= 0.6 is 0 Å². The van der Waals surface area contributed by atoms with Crippen molar-refractivity contribution in [2.75, 3.05) is 20.6 Å². The molecular formula is C20H24N2O. The van der Waals surface area contributed by atoms with Crippen LogP contribution in [0.4, 0.5) is 0 Å². The molecule has 0 saturated carbocycles. The highest BCUT2D eigenvalue weighted by Crippen LogP contribution is 2.20. The van der Waals surface area contributed by atoms with E-state index in [0.29, 0.717) is 0 Å². The fourth-order valence-corrected chi connectivity index (χ4v) is 3.19. The van der Waals surface area contributed by atoms with Crippen molar-refractivity contribution in [1.82, 2.24) is 9.47 Å². The lowest BCUT2D eigenvalue weighted by molar-refractivity contribution is 0.389. The predicted octanol–water partition coefficient (Wildman–Crippen LogP) is 3.89. The second kappa shape index (κ2) is 6.97. The van der Waals surface area contributed by atoms with Gasteiger partial charge in [-0.2, -0.15) is 0 Å². The molecular weight excluding hydrogens is 284 g/mol. The van der Waals surface area contributed by atoms with E-state index in [4.69, 9.17) is 0 Å². The van der Waals surface area contributed by atoms with Gasteiger partial charge in [0.15, 0.2) is 5.43 Å². The van der Waals surface area contributed by atoms with Crippen molar-refractivity contribution >= 4 is 21.8 Å². The third kappa shape index (κ3) is 3.30. The number of fused-ring (bicyclic) bond motifs is 2. The molecule has 0 spiro atoms. The zero-order chi connectivity index (χ0) is 16.2. The Kier molecular flexibility index (Phi) is 4.77. The molecule has 0 fully saturated rings. The number of hydrogen-bond acceptors (Lipinski definition) is 2. The van der Waals surface area contributed by atoms with E-state index >= 15 is 0 Å². The van der Waals surface area contributed by atoms with Crippen molar-refractivity contribution in [3.63, 3.8) is 0 Å². The van der Waals surface area contributed by atoms with Crippen LogP contribution < -0.4 is 5.43 Å². The molecule has 0 saturated heterocycles. The number of aryl methyl sites for hydroxylation is 1. The summed E-state index contributed by atoms with van der Waals surface area (Å²) in [5.41, 5.74) is 2.23. The Morgan fingerprint density at radius 2 is 1.39 bits per heavy atom. The summed E-state index contributed by atoms with van der Waals surface area (Å²) in [7, 11) is 4.23. The Hall–Kier alpha value is -2.13. The van der Waals surface area contributed by atoms with Crippen molar-refractivity contribution in [1.29, 1.82) is 0 Å². The molecule has 1 aromatic heterocycles. The monoisotopic (exact) mass is 308 g/mol. The normalized spacial score (nSPS) is 11.6. The SMILES string of the molecule is CN(C)CCCCCn1c2ccccc2c(=O)c2ccccc21. The summed E-state index contributed by atoms with van der Waals surface area (Å²) in [5, 5.41) is 1.64. The molecule has 1 heterocycles. The molecule has 3 aromatic rings. The van der Waals surface area contributed by atoms with Crippen LogP contribution in [0.15, 0.2) is 53.3 Å². The van der Waals surface area contributed by atoms with Gasteiger partial charge in [0.25, 0.3) is 0 Å². The number of hydrogen-bond donors (Lipinski definition) is 0. The number of nitrogens with zero attached hydrogens (tertiary/aromatic N) is 2. The van der Waals surface area contributed by atoms with Gasteiger partial charge in [0, 0.05) is 17.3 Å². The van der Waals surface area contributed by atoms with Crippen molar-refractivity contribution in [3.05, 3.63) is 58.8 Å². The molecule has 120 valence electrons. The lowest BCUT2D eigenvalue weighted by Crippen LogP contribution is -2.14. The van der Waals surface area contributed by atoms with Crippen molar-refractivity contribution in [2.45, 2.75) is 25.8 Å². The summed E-state index contributed by atoms with van der Waals surface area (Å²) in [6.45, 7) is 2.08. The first-order chi connectivity index (χ1) is 11.2. The summed E-state index contributed by atoms with van der Waals surface area (Å²) >= 11 is 0. The fraction of sp³-hybridized carbons (Fsp3) is 0.350. The van der Waals surface area contributed by atoms with Gasteiger partial charge >= 0.3 is 0 Å². The van der Waals surface area contributed by atoms with Gasteiger partial charge in [0.1, 0.15) is 0 Å². The van der Waals surface area contributed by atoms with E-state index in [2.05, 4.69) is 35.7 Å². The Labute approximate surface area is 137 Å². The first-order valence-corrected chi connectivity index (χ1v) is 8.33. The number of unbranched alkanes of at least 4 members (excludes halogenated alkanes) is 2. The van der Waals surface area contributed by atoms with Crippen LogP contribution in [0, 0.1) is 0 Å². The third-order valence-corrected chi connectivity index (χ3v) is 4.37. The van der Waals surface area contributed by atoms with Crippen molar-refractivity contribution in [3.8, 4) is 0 Å². The molecule has 3 nitrogen and oxygen atoms in total. The van der Waals surface area contributed by atoms with Crippen LogP contribution in [0.2, 0.25) is 0 Å². The van der Waals surface area contributed by atoms with E-state index in [9.17, 15) is 4.79 Å². The van der Waals surface area contributed by atoms with Crippen molar-refractivity contribution in [2.24, 2.45) is 0 Å². The fourth-order valence-electron chi connectivity index (χ4n) is 3.19. The van der Waals surface area contributed by atoms with Gasteiger partial charge in [-0.25, -0.2) is 0 Å². The minimum atomic E-state index is 0.139. The highest BCUT2D eigenvalue weighted by atomic mass is 16.1. The van der Waals surface area contributed by atoms with Crippen molar-refractivity contribution < 1.29 is 0 Å². The van der Waals surface area contributed by atoms with Gasteiger partial charge in [-0.15, -0.1) is 0 Å². The van der Waals surface area contributed by atoms with Crippen LogP contribution in [0.25, 0.3) is 21.8 Å². The first kappa shape index (κ1) is 15.8. The molecule has 0 amide bonds. The van der Waals surface area contributed by atoms with Gasteiger partial charge in [0.05, 0.1) is 11.0 Å². The van der Waals surface area contributed by atoms with Gasteiger partial charge in [-0.05, 0) is 57.7 Å². The highest BCUT2D eigenvalue weighted by molar-refractivity contribution is 5.93. The van der Waals surface area contributed by atoms with E-state index < -0.39 is 0 Å². The molecule has 2 aromatic carbocycles. The maximum absolute atomic E-state index is 12.7. The standard InChI is InChI=1S/C20H24N2O/c1-21(2)14-8-3-9-15-22-18-12-6-4-10-16(18)20(23)17-11-5-7-13-19(17)22/h4-7,10-13H,3,8-9,14-15H2,1-2H3.